The summed E-state index contributed by atoms with van der Waals surface area (Å²) in [6.45, 7) is 3.16. The average Bonchev–Trinajstić information content (AvgIpc) is 3.18. The Balaban J connectivity index is 1.63. The number of aryl methyl sites for hydroxylation is 1. The van der Waals surface area contributed by atoms with E-state index in [0.29, 0.717) is 6.54 Å². The number of aliphatic carboxylic acids is 1. The minimum Gasteiger partial charge on any atom is -0.481 e. The minimum atomic E-state index is -0.822. The molecular formula is C15H21N3O3. The van der Waals surface area contributed by atoms with Crippen LogP contribution in [0.15, 0.2) is 12.3 Å². The molecule has 6 nitrogen and oxygen atoms in total. The molecule has 2 fully saturated rings. The van der Waals surface area contributed by atoms with Crippen molar-refractivity contribution < 1.29 is 14.7 Å². The van der Waals surface area contributed by atoms with Gasteiger partial charge in [0.15, 0.2) is 0 Å². The van der Waals surface area contributed by atoms with Gasteiger partial charge in [-0.2, -0.15) is 5.10 Å². The summed E-state index contributed by atoms with van der Waals surface area (Å²) < 4.78 is 1.80. The van der Waals surface area contributed by atoms with E-state index >= 15 is 0 Å². The van der Waals surface area contributed by atoms with Crippen LogP contribution >= 0.6 is 0 Å². The van der Waals surface area contributed by atoms with Crippen LogP contribution < -0.4 is 5.32 Å². The molecule has 2 aliphatic carbocycles. The smallest absolute Gasteiger partial charge is 0.307 e. The Morgan fingerprint density at radius 3 is 2.71 bits per heavy atom. The lowest BCUT2D eigenvalue weighted by Gasteiger charge is -2.26. The topological polar surface area (TPSA) is 84.2 Å². The molecule has 1 amide bonds. The second-order valence-corrected chi connectivity index (χ2v) is 6.10. The number of carbonyl (C=O) groups excluding carboxylic acids is 1. The van der Waals surface area contributed by atoms with Crippen LogP contribution in [-0.2, 0) is 22.7 Å². The number of rotatable bonds is 5. The minimum absolute atomic E-state index is 0.124. The van der Waals surface area contributed by atoms with E-state index in [1.807, 2.05) is 19.2 Å². The Morgan fingerprint density at radius 1 is 1.38 bits per heavy atom. The molecule has 0 radical (unpaired) electrons. The van der Waals surface area contributed by atoms with Crippen LogP contribution in [0.2, 0.25) is 0 Å². The predicted octanol–water partition coefficient (Wildman–Crippen LogP) is 1.27. The molecule has 3 rings (SSSR count). The Morgan fingerprint density at radius 2 is 2.10 bits per heavy atom. The molecule has 0 aliphatic heterocycles. The van der Waals surface area contributed by atoms with Gasteiger partial charge >= 0.3 is 5.97 Å². The Kier molecular flexibility index (Phi) is 3.69. The van der Waals surface area contributed by atoms with Crippen molar-refractivity contribution in [3.8, 4) is 0 Å². The molecule has 1 aromatic rings. The fourth-order valence-corrected chi connectivity index (χ4v) is 3.99. The van der Waals surface area contributed by atoms with Gasteiger partial charge in [0, 0.05) is 12.7 Å². The molecule has 2 bridgehead atoms. The predicted molar refractivity (Wildman–Crippen MR) is 75.2 cm³/mol. The third-order valence-corrected chi connectivity index (χ3v) is 4.97. The highest BCUT2D eigenvalue weighted by molar-refractivity contribution is 5.86. The number of carboxylic acids is 1. The highest BCUT2D eigenvalue weighted by Crippen LogP contribution is 2.52. The van der Waals surface area contributed by atoms with Crippen LogP contribution in [0.1, 0.15) is 31.9 Å². The molecule has 1 heterocycles. The lowest BCUT2D eigenvalue weighted by molar-refractivity contribution is -0.149. The second-order valence-electron chi connectivity index (χ2n) is 6.10. The molecule has 0 aromatic carbocycles. The van der Waals surface area contributed by atoms with E-state index in [1.165, 1.54) is 0 Å². The van der Waals surface area contributed by atoms with Gasteiger partial charge in [0.05, 0.1) is 24.1 Å². The number of carbonyl (C=O) groups is 2. The van der Waals surface area contributed by atoms with Crippen LogP contribution in [0.5, 0.6) is 0 Å². The number of carboxylic acid groups (broad SMARTS) is 1. The molecule has 2 saturated carbocycles. The SMILES string of the molecule is CCn1ccc(CNC(=O)C2C3CCC(C3)C2C(=O)O)n1. The van der Waals surface area contributed by atoms with E-state index in [0.717, 1.165) is 31.5 Å². The fourth-order valence-electron chi connectivity index (χ4n) is 3.99. The largest absolute Gasteiger partial charge is 0.481 e. The standard InChI is InChI=1S/C15H21N3O3/c1-2-18-6-5-11(17-18)8-16-14(19)12-9-3-4-10(7-9)13(12)15(20)21/h5-6,9-10,12-13H,2-4,7-8H2,1H3,(H,16,19)(H,20,21). The molecule has 114 valence electrons. The first kappa shape index (κ1) is 14.1. The number of amides is 1. The molecule has 0 spiro atoms. The van der Waals surface area contributed by atoms with Crippen molar-refractivity contribution in [3.63, 3.8) is 0 Å². The summed E-state index contributed by atoms with van der Waals surface area (Å²) in [7, 11) is 0. The van der Waals surface area contributed by atoms with Crippen LogP contribution in [0.3, 0.4) is 0 Å². The monoisotopic (exact) mass is 291 g/mol. The number of hydrogen-bond donors (Lipinski definition) is 2. The third kappa shape index (κ3) is 2.54. The highest BCUT2D eigenvalue weighted by atomic mass is 16.4. The van der Waals surface area contributed by atoms with Crippen molar-refractivity contribution in [1.82, 2.24) is 15.1 Å². The van der Waals surface area contributed by atoms with E-state index in [1.54, 1.807) is 4.68 Å². The van der Waals surface area contributed by atoms with E-state index in [2.05, 4.69) is 10.4 Å². The van der Waals surface area contributed by atoms with Gasteiger partial charge in [0.2, 0.25) is 5.91 Å². The Labute approximate surface area is 123 Å². The number of hydrogen-bond acceptors (Lipinski definition) is 3. The highest BCUT2D eigenvalue weighted by Gasteiger charge is 2.53. The second kappa shape index (κ2) is 5.50. The Hall–Kier alpha value is -1.85. The first-order chi connectivity index (χ1) is 10.1. The summed E-state index contributed by atoms with van der Waals surface area (Å²) in [5.41, 5.74) is 0.806. The zero-order valence-electron chi connectivity index (χ0n) is 12.2. The van der Waals surface area contributed by atoms with E-state index in [9.17, 15) is 14.7 Å². The molecule has 2 aliphatic rings. The van der Waals surface area contributed by atoms with Crippen molar-refractivity contribution >= 4 is 11.9 Å². The first-order valence-corrected chi connectivity index (χ1v) is 7.63. The Bertz CT molecular complexity index is 554. The van der Waals surface area contributed by atoms with Crippen molar-refractivity contribution in [2.24, 2.45) is 23.7 Å². The lowest BCUT2D eigenvalue weighted by atomic mass is 9.79. The number of fused-ring (bicyclic) bond motifs is 2. The summed E-state index contributed by atoms with van der Waals surface area (Å²) in [5.74, 6) is -1.39. The fraction of sp³-hybridized carbons (Fsp3) is 0.667. The molecule has 1 aromatic heterocycles. The van der Waals surface area contributed by atoms with E-state index < -0.39 is 11.9 Å². The van der Waals surface area contributed by atoms with Crippen LogP contribution in [0.25, 0.3) is 0 Å². The maximum Gasteiger partial charge on any atom is 0.307 e. The summed E-state index contributed by atoms with van der Waals surface area (Å²) in [6.07, 6.45) is 4.70. The van der Waals surface area contributed by atoms with Crippen LogP contribution in [-0.4, -0.2) is 26.8 Å². The third-order valence-electron chi connectivity index (χ3n) is 4.97. The molecule has 4 atom stereocenters. The van der Waals surface area contributed by atoms with Crippen molar-refractivity contribution in [2.75, 3.05) is 0 Å². The maximum absolute atomic E-state index is 12.4. The first-order valence-electron chi connectivity index (χ1n) is 7.63. The molecular weight excluding hydrogens is 270 g/mol. The van der Waals surface area contributed by atoms with Gasteiger partial charge in [-0.25, -0.2) is 0 Å². The van der Waals surface area contributed by atoms with Gasteiger partial charge in [-0.05, 0) is 44.1 Å². The van der Waals surface area contributed by atoms with Crippen molar-refractivity contribution in [3.05, 3.63) is 18.0 Å². The van der Waals surface area contributed by atoms with Gasteiger partial charge in [0.1, 0.15) is 0 Å². The number of nitrogens with one attached hydrogen (secondary N) is 1. The van der Waals surface area contributed by atoms with Gasteiger partial charge in [-0.15, -0.1) is 0 Å². The molecule has 4 unspecified atom stereocenters. The van der Waals surface area contributed by atoms with Gasteiger partial charge in [0.25, 0.3) is 0 Å². The summed E-state index contributed by atoms with van der Waals surface area (Å²) in [4.78, 5) is 23.8. The van der Waals surface area contributed by atoms with Gasteiger partial charge < -0.3 is 10.4 Å². The summed E-state index contributed by atoms with van der Waals surface area (Å²) in [5, 5.41) is 16.6. The van der Waals surface area contributed by atoms with Gasteiger partial charge in [-0.3, -0.25) is 14.3 Å². The number of nitrogens with zero attached hydrogens (tertiary/aromatic N) is 2. The maximum atomic E-state index is 12.4. The van der Waals surface area contributed by atoms with E-state index in [4.69, 9.17) is 0 Å². The van der Waals surface area contributed by atoms with Crippen molar-refractivity contribution in [2.45, 2.75) is 39.3 Å². The van der Waals surface area contributed by atoms with E-state index in [-0.39, 0.29) is 23.7 Å². The lowest BCUT2D eigenvalue weighted by Crippen LogP contribution is -2.41. The normalized spacial score (nSPS) is 30.5. The van der Waals surface area contributed by atoms with Crippen LogP contribution in [0, 0.1) is 23.7 Å². The number of aromatic nitrogens is 2. The zero-order valence-corrected chi connectivity index (χ0v) is 12.2. The summed E-state index contributed by atoms with van der Waals surface area (Å²) in [6, 6.07) is 1.87. The quantitative estimate of drug-likeness (QED) is 0.855. The van der Waals surface area contributed by atoms with Gasteiger partial charge in [-0.1, -0.05) is 0 Å². The molecule has 6 heteroatoms. The molecule has 21 heavy (non-hydrogen) atoms. The zero-order chi connectivity index (χ0) is 15.0. The van der Waals surface area contributed by atoms with Crippen LogP contribution in [0.4, 0.5) is 0 Å². The average molecular weight is 291 g/mol. The molecule has 2 N–H and O–H groups in total. The summed E-state index contributed by atoms with van der Waals surface area (Å²) >= 11 is 0. The molecule has 0 saturated heterocycles. The van der Waals surface area contributed by atoms with Crippen molar-refractivity contribution in [1.29, 1.82) is 0 Å².